The summed E-state index contributed by atoms with van der Waals surface area (Å²) in [5, 5.41) is 5.95. The quantitative estimate of drug-likeness (QED) is 0.805. The van der Waals surface area contributed by atoms with E-state index in [1.165, 1.54) is 0 Å². The van der Waals surface area contributed by atoms with Gasteiger partial charge in [0.25, 0.3) is 5.91 Å². The Hall–Kier alpha value is -0.840. The summed E-state index contributed by atoms with van der Waals surface area (Å²) in [5.74, 6) is -0.0691. The number of halogens is 2. The van der Waals surface area contributed by atoms with E-state index in [0.717, 1.165) is 18.8 Å². The van der Waals surface area contributed by atoms with Crippen LogP contribution >= 0.6 is 24.8 Å². The van der Waals surface area contributed by atoms with E-state index in [1.54, 1.807) is 12.3 Å². The number of carbonyl (C=O) groups excluding carboxylic acids is 1. The molecule has 0 atom stereocenters. The molecular weight excluding hydrogens is 261 g/mol. The van der Waals surface area contributed by atoms with Crippen LogP contribution in [0, 0.1) is 6.92 Å². The molecule has 0 saturated heterocycles. The van der Waals surface area contributed by atoms with Crippen molar-refractivity contribution in [2.45, 2.75) is 13.8 Å². The molecule has 6 heteroatoms. The Morgan fingerprint density at radius 1 is 1.29 bits per heavy atom. The first-order chi connectivity index (χ1) is 7.24. The first-order valence-electron chi connectivity index (χ1n) is 5.15. The number of nitrogens with one attached hydrogen (secondary N) is 2. The smallest absolute Gasteiger partial charge is 0.252 e. The van der Waals surface area contributed by atoms with Crippen LogP contribution in [0.3, 0.4) is 0 Å². The minimum absolute atomic E-state index is 0. The molecule has 98 valence electrons. The molecule has 4 nitrogen and oxygen atoms in total. The number of hydrogen-bond acceptors (Lipinski definition) is 3. The number of aryl methyl sites for hydroxylation is 1. The van der Waals surface area contributed by atoms with Crippen LogP contribution in [0.25, 0.3) is 0 Å². The van der Waals surface area contributed by atoms with E-state index in [-0.39, 0.29) is 30.7 Å². The Bertz CT molecular complexity index is 317. The highest BCUT2D eigenvalue weighted by Crippen LogP contribution is 1.98. The molecule has 0 fully saturated rings. The Labute approximate surface area is 114 Å². The zero-order valence-electron chi connectivity index (χ0n) is 10.0. The fourth-order valence-electron chi connectivity index (χ4n) is 1.15. The summed E-state index contributed by atoms with van der Waals surface area (Å²) < 4.78 is 0. The average Bonchev–Trinajstić information content (AvgIpc) is 2.25. The van der Waals surface area contributed by atoms with E-state index in [2.05, 4.69) is 15.6 Å². The number of likely N-dealkylation sites (N-methyl/N-ethyl adjacent to an activating group) is 1. The van der Waals surface area contributed by atoms with Gasteiger partial charge in [0.2, 0.25) is 0 Å². The third-order valence-electron chi connectivity index (χ3n) is 2.01. The Morgan fingerprint density at radius 2 is 2.00 bits per heavy atom. The number of carbonyl (C=O) groups is 1. The van der Waals surface area contributed by atoms with Gasteiger partial charge in [0.15, 0.2) is 0 Å². The summed E-state index contributed by atoms with van der Waals surface area (Å²) in [4.78, 5) is 15.6. The summed E-state index contributed by atoms with van der Waals surface area (Å²) in [6.45, 7) is 6.28. The van der Waals surface area contributed by atoms with Crippen molar-refractivity contribution < 1.29 is 4.79 Å². The number of rotatable bonds is 5. The van der Waals surface area contributed by atoms with E-state index in [4.69, 9.17) is 0 Å². The van der Waals surface area contributed by atoms with Gasteiger partial charge >= 0.3 is 0 Å². The number of nitrogens with zero attached hydrogens (tertiary/aromatic N) is 1. The molecule has 1 amide bonds. The molecule has 0 radical (unpaired) electrons. The molecular formula is C11H19Cl2N3O. The number of pyridine rings is 1. The second kappa shape index (κ2) is 10.3. The summed E-state index contributed by atoms with van der Waals surface area (Å²) in [6.07, 6.45) is 1.60. The highest BCUT2D eigenvalue weighted by Gasteiger charge is 2.03. The van der Waals surface area contributed by atoms with Crippen molar-refractivity contribution in [1.29, 1.82) is 0 Å². The van der Waals surface area contributed by atoms with Gasteiger partial charge in [0, 0.05) is 25.0 Å². The topological polar surface area (TPSA) is 54.0 Å². The largest absolute Gasteiger partial charge is 0.351 e. The number of amides is 1. The maximum absolute atomic E-state index is 11.5. The van der Waals surface area contributed by atoms with Crippen molar-refractivity contribution in [1.82, 2.24) is 15.6 Å². The standard InChI is InChI=1S/C11H17N3O.2ClH/c1-3-12-6-7-13-11(15)10-5-4-9(2)14-8-10;;/h4-5,8,12H,3,6-7H2,1-2H3,(H,13,15);2*1H. The van der Waals surface area contributed by atoms with Gasteiger partial charge in [-0.1, -0.05) is 6.92 Å². The minimum atomic E-state index is -0.0691. The van der Waals surface area contributed by atoms with Crippen molar-refractivity contribution >= 4 is 30.7 Å². The van der Waals surface area contributed by atoms with Crippen LogP contribution in [0.4, 0.5) is 0 Å². The molecule has 1 heterocycles. The maximum atomic E-state index is 11.5. The summed E-state index contributed by atoms with van der Waals surface area (Å²) in [5.41, 5.74) is 1.52. The fraction of sp³-hybridized carbons (Fsp3) is 0.455. The molecule has 0 aliphatic heterocycles. The zero-order chi connectivity index (χ0) is 11.1. The number of hydrogen-bond donors (Lipinski definition) is 2. The summed E-state index contributed by atoms with van der Waals surface area (Å²) >= 11 is 0. The molecule has 0 spiro atoms. The van der Waals surface area contributed by atoms with Gasteiger partial charge < -0.3 is 10.6 Å². The van der Waals surface area contributed by atoms with Crippen molar-refractivity contribution in [2.75, 3.05) is 19.6 Å². The van der Waals surface area contributed by atoms with Gasteiger partial charge in [0.05, 0.1) is 5.56 Å². The molecule has 0 saturated carbocycles. The molecule has 0 aliphatic carbocycles. The predicted octanol–water partition coefficient (Wildman–Crippen LogP) is 1.57. The average molecular weight is 280 g/mol. The molecule has 0 unspecified atom stereocenters. The first kappa shape index (κ1) is 18.5. The highest BCUT2D eigenvalue weighted by molar-refractivity contribution is 5.93. The normalized spacial score (nSPS) is 8.82. The molecule has 0 aromatic carbocycles. The van der Waals surface area contributed by atoms with Gasteiger partial charge in [-0.2, -0.15) is 0 Å². The van der Waals surface area contributed by atoms with Gasteiger partial charge in [-0.25, -0.2) is 0 Å². The molecule has 1 aromatic rings. The fourth-order valence-corrected chi connectivity index (χ4v) is 1.15. The van der Waals surface area contributed by atoms with Gasteiger partial charge in [-0.15, -0.1) is 24.8 Å². The maximum Gasteiger partial charge on any atom is 0.252 e. The minimum Gasteiger partial charge on any atom is -0.351 e. The van der Waals surface area contributed by atoms with E-state index in [0.29, 0.717) is 12.1 Å². The lowest BCUT2D eigenvalue weighted by Crippen LogP contribution is -2.31. The molecule has 17 heavy (non-hydrogen) atoms. The summed E-state index contributed by atoms with van der Waals surface area (Å²) in [7, 11) is 0. The molecule has 1 aromatic heterocycles. The van der Waals surface area contributed by atoms with Gasteiger partial charge in [-0.3, -0.25) is 9.78 Å². The van der Waals surface area contributed by atoms with Crippen LogP contribution in [-0.4, -0.2) is 30.5 Å². The van der Waals surface area contributed by atoms with Crippen LogP contribution in [0.2, 0.25) is 0 Å². The van der Waals surface area contributed by atoms with Gasteiger partial charge in [-0.05, 0) is 25.6 Å². The van der Waals surface area contributed by atoms with Crippen molar-refractivity contribution in [3.8, 4) is 0 Å². The third kappa shape index (κ3) is 7.15. The molecule has 0 aliphatic rings. The van der Waals surface area contributed by atoms with E-state index in [1.807, 2.05) is 19.9 Å². The second-order valence-corrected chi connectivity index (χ2v) is 3.30. The Kier molecular flexibility index (Phi) is 11.2. The van der Waals surface area contributed by atoms with Crippen LogP contribution in [-0.2, 0) is 0 Å². The molecule has 0 bridgehead atoms. The van der Waals surface area contributed by atoms with Crippen LogP contribution < -0.4 is 10.6 Å². The monoisotopic (exact) mass is 279 g/mol. The lowest BCUT2D eigenvalue weighted by atomic mass is 10.2. The SMILES string of the molecule is CCNCCNC(=O)c1ccc(C)nc1.Cl.Cl. The predicted molar refractivity (Wildman–Crippen MR) is 74.3 cm³/mol. The molecule has 1 rings (SSSR count). The van der Waals surface area contributed by atoms with Crippen molar-refractivity contribution in [2.24, 2.45) is 0 Å². The van der Waals surface area contributed by atoms with E-state index in [9.17, 15) is 4.79 Å². The van der Waals surface area contributed by atoms with E-state index >= 15 is 0 Å². The van der Waals surface area contributed by atoms with Crippen molar-refractivity contribution in [3.05, 3.63) is 29.6 Å². The Morgan fingerprint density at radius 3 is 2.53 bits per heavy atom. The van der Waals surface area contributed by atoms with Crippen molar-refractivity contribution in [3.63, 3.8) is 0 Å². The van der Waals surface area contributed by atoms with E-state index < -0.39 is 0 Å². The third-order valence-corrected chi connectivity index (χ3v) is 2.01. The first-order valence-corrected chi connectivity index (χ1v) is 5.15. The Balaban J connectivity index is 0. The molecule has 2 N–H and O–H groups in total. The highest BCUT2D eigenvalue weighted by atomic mass is 35.5. The van der Waals surface area contributed by atoms with Crippen LogP contribution in [0.5, 0.6) is 0 Å². The lowest BCUT2D eigenvalue weighted by Gasteiger charge is -2.05. The summed E-state index contributed by atoms with van der Waals surface area (Å²) in [6, 6.07) is 3.62. The number of aromatic nitrogens is 1. The zero-order valence-corrected chi connectivity index (χ0v) is 11.7. The van der Waals surface area contributed by atoms with Gasteiger partial charge in [0.1, 0.15) is 0 Å². The second-order valence-electron chi connectivity index (χ2n) is 3.30. The van der Waals surface area contributed by atoms with Crippen LogP contribution in [0.15, 0.2) is 18.3 Å². The van der Waals surface area contributed by atoms with Crippen LogP contribution in [0.1, 0.15) is 23.0 Å². The lowest BCUT2D eigenvalue weighted by molar-refractivity contribution is 0.0953.